The van der Waals surface area contributed by atoms with Gasteiger partial charge >= 0.3 is 5.97 Å². The minimum absolute atomic E-state index is 0.170. The fourth-order valence-corrected chi connectivity index (χ4v) is 4.60. The lowest BCUT2D eigenvalue weighted by Crippen LogP contribution is -2.45. The first-order valence-corrected chi connectivity index (χ1v) is 8.49. The Hall–Kier alpha value is -2.40. The van der Waals surface area contributed by atoms with Gasteiger partial charge in [0.15, 0.2) is 0 Å². The van der Waals surface area contributed by atoms with E-state index < -0.39 is 29.5 Å². The summed E-state index contributed by atoms with van der Waals surface area (Å²) >= 11 is 0. The molecule has 3 heterocycles. The summed E-state index contributed by atoms with van der Waals surface area (Å²) in [6, 6.07) is 7.44. The maximum absolute atomic E-state index is 13.3. The number of ether oxygens (including phenoxy) is 1. The number of carbonyl (C=O) groups excluding carboxylic acids is 1. The first-order valence-electron chi connectivity index (χ1n) is 8.49. The van der Waals surface area contributed by atoms with E-state index in [0.29, 0.717) is 6.42 Å². The van der Waals surface area contributed by atoms with Gasteiger partial charge < -0.3 is 14.7 Å². The highest BCUT2D eigenvalue weighted by atomic mass is 16.5. The summed E-state index contributed by atoms with van der Waals surface area (Å²) in [5.41, 5.74) is 1.88. The molecule has 25 heavy (non-hydrogen) atoms. The van der Waals surface area contributed by atoms with Crippen LogP contribution in [0, 0.1) is 18.8 Å². The van der Waals surface area contributed by atoms with Crippen LogP contribution < -0.4 is 4.90 Å². The molecule has 5 atom stereocenters. The van der Waals surface area contributed by atoms with Gasteiger partial charge in [-0.1, -0.05) is 29.9 Å². The summed E-state index contributed by atoms with van der Waals surface area (Å²) in [5, 5.41) is 9.66. The van der Waals surface area contributed by atoms with Gasteiger partial charge in [-0.25, -0.2) is 0 Å². The van der Waals surface area contributed by atoms with Crippen molar-refractivity contribution in [3.63, 3.8) is 0 Å². The molecule has 3 aliphatic heterocycles. The van der Waals surface area contributed by atoms with Crippen LogP contribution in [0.15, 0.2) is 48.6 Å². The lowest BCUT2D eigenvalue weighted by Gasteiger charge is -2.33. The Morgan fingerprint density at radius 2 is 2.20 bits per heavy atom. The van der Waals surface area contributed by atoms with E-state index in [0.717, 1.165) is 16.8 Å². The molecule has 0 unspecified atom stereocenters. The number of carboxylic acids is 1. The largest absolute Gasteiger partial charge is 0.481 e. The molecule has 1 aromatic carbocycles. The molecule has 2 saturated heterocycles. The average molecular weight is 339 g/mol. The van der Waals surface area contributed by atoms with Gasteiger partial charge in [0.1, 0.15) is 11.5 Å². The highest BCUT2D eigenvalue weighted by Crippen LogP contribution is 2.56. The number of fused-ring (bicyclic) bond motifs is 1. The van der Waals surface area contributed by atoms with Gasteiger partial charge in [0.2, 0.25) is 5.91 Å². The number of carbonyl (C=O) groups is 2. The summed E-state index contributed by atoms with van der Waals surface area (Å²) in [7, 11) is 0. The van der Waals surface area contributed by atoms with Crippen LogP contribution >= 0.6 is 0 Å². The second-order valence-corrected chi connectivity index (χ2v) is 7.36. The molecule has 1 amide bonds. The number of aryl methyl sites for hydroxylation is 1. The minimum Gasteiger partial charge on any atom is -0.481 e. The van der Waals surface area contributed by atoms with Crippen molar-refractivity contribution in [1.29, 1.82) is 0 Å². The van der Waals surface area contributed by atoms with Gasteiger partial charge in [0, 0.05) is 5.69 Å². The minimum atomic E-state index is -0.977. The number of carboxylic acid groups (broad SMARTS) is 1. The van der Waals surface area contributed by atoms with Crippen molar-refractivity contribution in [1.82, 2.24) is 0 Å². The average Bonchev–Trinajstić information content (AvgIpc) is 3.16. The third-order valence-corrected chi connectivity index (χ3v) is 5.53. The van der Waals surface area contributed by atoms with Gasteiger partial charge in [0.25, 0.3) is 0 Å². The molecule has 1 aromatic rings. The molecule has 130 valence electrons. The van der Waals surface area contributed by atoms with E-state index in [9.17, 15) is 14.7 Å². The SMILES string of the molecule is C=C(C)C[C@H]1N(c2cccc(C)c2)C(=O)[C@H]2[C@H](C(=O)O)[C@@H]3C=C[C@@]21O3. The molecular formula is C20H21NO4. The van der Waals surface area contributed by atoms with Crippen LogP contribution in [0.25, 0.3) is 0 Å². The van der Waals surface area contributed by atoms with Crippen LogP contribution in [0.1, 0.15) is 18.9 Å². The molecule has 1 N–H and O–H groups in total. The summed E-state index contributed by atoms with van der Waals surface area (Å²) in [5.74, 6) is -2.67. The molecule has 2 bridgehead atoms. The van der Waals surface area contributed by atoms with Crippen LogP contribution in [0.3, 0.4) is 0 Å². The lowest BCUT2D eigenvalue weighted by molar-refractivity contribution is -0.146. The lowest BCUT2D eigenvalue weighted by atomic mass is 9.74. The van der Waals surface area contributed by atoms with Crippen molar-refractivity contribution in [3.05, 3.63) is 54.1 Å². The zero-order valence-corrected chi connectivity index (χ0v) is 14.3. The number of hydrogen-bond donors (Lipinski definition) is 1. The zero-order valence-electron chi connectivity index (χ0n) is 14.3. The van der Waals surface area contributed by atoms with Crippen molar-refractivity contribution < 1.29 is 19.4 Å². The maximum atomic E-state index is 13.3. The Morgan fingerprint density at radius 3 is 2.84 bits per heavy atom. The highest BCUT2D eigenvalue weighted by molar-refractivity contribution is 6.03. The van der Waals surface area contributed by atoms with E-state index in [1.165, 1.54) is 0 Å². The maximum Gasteiger partial charge on any atom is 0.310 e. The van der Waals surface area contributed by atoms with E-state index in [-0.39, 0.29) is 11.9 Å². The van der Waals surface area contributed by atoms with E-state index in [2.05, 4.69) is 6.58 Å². The number of aliphatic carboxylic acids is 1. The molecule has 0 aliphatic carbocycles. The van der Waals surface area contributed by atoms with Crippen molar-refractivity contribution in [2.24, 2.45) is 11.8 Å². The number of hydrogen-bond acceptors (Lipinski definition) is 3. The van der Waals surface area contributed by atoms with Crippen LogP contribution in [-0.4, -0.2) is 34.7 Å². The molecule has 4 rings (SSSR count). The van der Waals surface area contributed by atoms with Crippen LogP contribution in [0.5, 0.6) is 0 Å². The van der Waals surface area contributed by atoms with Gasteiger partial charge in [-0.15, -0.1) is 6.58 Å². The molecule has 0 radical (unpaired) electrons. The molecule has 5 nitrogen and oxygen atoms in total. The number of anilines is 1. The highest BCUT2D eigenvalue weighted by Gasteiger charge is 2.71. The molecule has 0 aromatic heterocycles. The Morgan fingerprint density at radius 1 is 1.44 bits per heavy atom. The zero-order chi connectivity index (χ0) is 17.9. The van der Waals surface area contributed by atoms with Crippen molar-refractivity contribution >= 4 is 17.6 Å². The van der Waals surface area contributed by atoms with Gasteiger partial charge in [-0.3, -0.25) is 9.59 Å². The standard InChI is InChI=1S/C20H21NO4/c1-11(2)9-15-20-8-7-14(25-20)16(19(23)24)17(20)18(22)21(15)13-6-4-5-12(3)10-13/h4-8,10,14-17H,1,9H2,2-3H3,(H,23,24)/t14-,15+,16+,17+,20-/m0/s1. The Balaban J connectivity index is 1.85. The number of nitrogens with zero attached hydrogens (tertiary/aromatic N) is 1. The van der Waals surface area contributed by atoms with E-state index >= 15 is 0 Å². The first kappa shape index (κ1) is 16.1. The third kappa shape index (κ3) is 2.12. The molecule has 5 heteroatoms. The van der Waals surface area contributed by atoms with Gasteiger partial charge in [-0.2, -0.15) is 0 Å². The topological polar surface area (TPSA) is 66.8 Å². The monoisotopic (exact) mass is 339 g/mol. The number of benzene rings is 1. The molecule has 2 fully saturated rings. The Bertz CT molecular complexity index is 814. The van der Waals surface area contributed by atoms with Crippen LogP contribution in [0.4, 0.5) is 5.69 Å². The Kier molecular flexibility index (Phi) is 3.41. The molecule has 0 saturated carbocycles. The number of rotatable bonds is 4. The summed E-state index contributed by atoms with van der Waals surface area (Å²) in [4.78, 5) is 26.8. The molecule has 3 aliphatic rings. The van der Waals surface area contributed by atoms with Crippen LogP contribution in [0.2, 0.25) is 0 Å². The van der Waals surface area contributed by atoms with E-state index in [4.69, 9.17) is 4.74 Å². The first-order chi connectivity index (χ1) is 11.8. The summed E-state index contributed by atoms with van der Waals surface area (Å²) < 4.78 is 6.13. The Labute approximate surface area is 146 Å². The van der Waals surface area contributed by atoms with Crippen molar-refractivity contribution in [2.45, 2.75) is 38.0 Å². The van der Waals surface area contributed by atoms with Gasteiger partial charge in [-0.05, 0) is 38.0 Å². The fraction of sp³-hybridized carbons (Fsp3) is 0.400. The second kappa shape index (κ2) is 5.30. The molecular weight excluding hydrogens is 318 g/mol. The third-order valence-electron chi connectivity index (χ3n) is 5.53. The van der Waals surface area contributed by atoms with E-state index in [1.54, 1.807) is 11.0 Å². The quantitative estimate of drug-likeness (QED) is 0.857. The van der Waals surface area contributed by atoms with Gasteiger partial charge in [0.05, 0.1) is 18.1 Å². The normalized spacial score (nSPS) is 35.3. The van der Waals surface area contributed by atoms with Crippen molar-refractivity contribution in [3.8, 4) is 0 Å². The van der Waals surface area contributed by atoms with Crippen LogP contribution in [-0.2, 0) is 14.3 Å². The summed E-state index contributed by atoms with van der Waals surface area (Å²) in [6.07, 6.45) is 3.75. The molecule has 1 spiro atoms. The number of amides is 1. The smallest absolute Gasteiger partial charge is 0.310 e. The van der Waals surface area contributed by atoms with E-state index in [1.807, 2.05) is 44.2 Å². The second-order valence-electron chi connectivity index (χ2n) is 7.36. The summed E-state index contributed by atoms with van der Waals surface area (Å²) in [6.45, 7) is 7.89. The van der Waals surface area contributed by atoms with Crippen molar-refractivity contribution in [2.75, 3.05) is 4.90 Å². The predicted molar refractivity (Wildman–Crippen MR) is 93.2 cm³/mol. The fourth-order valence-electron chi connectivity index (χ4n) is 4.60. The predicted octanol–water partition coefficient (Wildman–Crippen LogP) is 2.70.